The number of hydrogen-bond acceptors (Lipinski definition) is 4. The maximum Gasteiger partial charge on any atom is 0.251 e. The van der Waals surface area contributed by atoms with Crippen LogP contribution in [-0.4, -0.2) is 47.4 Å². The second kappa shape index (κ2) is 5.58. The zero-order chi connectivity index (χ0) is 14.1. The van der Waals surface area contributed by atoms with Crippen molar-refractivity contribution in [2.24, 2.45) is 0 Å². The van der Waals surface area contributed by atoms with Crippen molar-refractivity contribution in [2.75, 3.05) is 29.5 Å². The van der Waals surface area contributed by atoms with Crippen LogP contribution in [0.15, 0.2) is 24.3 Å². The van der Waals surface area contributed by atoms with Crippen molar-refractivity contribution in [1.29, 1.82) is 0 Å². The van der Waals surface area contributed by atoms with Crippen molar-refractivity contribution in [3.05, 3.63) is 29.8 Å². The molecule has 2 aliphatic heterocycles. The molecule has 2 aliphatic rings. The Morgan fingerprint density at radius 2 is 1.75 bits per heavy atom. The first-order chi connectivity index (χ1) is 9.66. The van der Waals surface area contributed by atoms with Gasteiger partial charge in [-0.1, -0.05) is 17.7 Å². The molecule has 106 valence electrons. The summed E-state index contributed by atoms with van der Waals surface area (Å²) in [6.45, 7) is 3.79. The summed E-state index contributed by atoms with van der Waals surface area (Å²) in [5.74, 6) is 1.94. The molecule has 2 saturated heterocycles. The van der Waals surface area contributed by atoms with Gasteiger partial charge in [0.1, 0.15) is 0 Å². The van der Waals surface area contributed by atoms with Gasteiger partial charge in [-0.25, -0.2) is 4.90 Å². The summed E-state index contributed by atoms with van der Waals surface area (Å²) in [7, 11) is 0. The first-order valence-corrected chi connectivity index (χ1v) is 8.07. The van der Waals surface area contributed by atoms with Crippen LogP contribution in [0.3, 0.4) is 0 Å². The summed E-state index contributed by atoms with van der Waals surface area (Å²) in [6, 6.07) is 7.30. The highest BCUT2D eigenvalue weighted by Gasteiger charge is 2.42. The van der Waals surface area contributed by atoms with E-state index in [-0.39, 0.29) is 17.9 Å². The second-order valence-electron chi connectivity index (χ2n) is 5.27. The number of amides is 2. The van der Waals surface area contributed by atoms with E-state index >= 15 is 0 Å². The highest BCUT2D eigenvalue weighted by atomic mass is 32.2. The van der Waals surface area contributed by atoms with Crippen LogP contribution in [0.4, 0.5) is 5.69 Å². The Kier molecular flexibility index (Phi) is 3.81. The van der Waals surface area contributed by atoms with Gasteiger partial charge in [-0.3, -0.25) is 14.5 Å². The highest BCUT2D eigenvalue weighted by molar-refractivity contribution is 7.99. The maximum atomic E-state index is 12.6. The van der Waals surface area contributed by atoms with E-state index in [1.165, 1.54) is 4.90 Å². The number of rotatable bonds is 2. The minimum Gasteiger partial charge on any atom is -0.290 e. The number of benzene rings is 1. The number of aryl methyl sites for hydroxylation is 1. The zero-order valence-electron chi connectivity index (χ0n) is 11.5. The monoisotopic (exact) mass is 290 g/mol. The minimum absolute atomic E-state index is 0.0641. The van der Waals surface area contributed by atoms with Crippen LogP contribution in [0.2, 0.25) is 0 Å². The van der Waals surface area contributed by atoms with Gasteiger partial charge in [0, 0.05) is 24.6 Å². The molecule has 0 N–H and O–H groups in total. The molecule has 4 nitrogen and oxygen atoms in total. The van der Waals surface area contributed by atoms with Crippen LogP contribution in [0.25, 0.3) is 0 Å². The molecule has 20 heavy (non-hydrogen) atoms. The predicted molar refractivity (Wildman–Crippen MR) is 81.0 cm³/mol. The lowest BCUT2D eigenvalue weighted by Gasteiger charge is -2.30. The first kappa shape index (κ1) is 13.6. The van der Waals surface area contributed by atoms with Crippen LogP contribution in [-0.2, 0) is 9.59 Å². The number of nitrogens with zero attached hydrogens (tertiary/aromatic N) is 2. The summed E-state index contributed by atoms with van der Waals surface area (Å²) >= 11 is 1.91. The molecule has 1 aromatic carbocycles. The molecule has 2 amide bonds. The van der Waals surface area contributed by atoms with Crippen molar-refractivity contribution < 1.29 is 9.59 Å². The predicted octanol–water partition coefficient (Wildman–Crippen LogP) is 1.68. The van der Waals surface area contributed by atoms with Gasteiger partial charge in [0.15, 0.2) is 0 Å². The van der Waals surface area contributed by atoms with Crippen LogP contribution in [0.1, 0.15) is 12.0 Å². The van der Waals surface area contributed by atoms with Crippen LogP contribution in [0, 0.1) is 6.92 Å². The average molecular weight is 290 g/mol. The molecular weight excluding hydrogens is 272 g/mol. The Labute approximate surface area is 123 Å². The van der Waals surface area contributed by atoms with Gasteiger partial charge in [-0.15, -0.1) is 0 Å². The van der Waals surface area contributed by atoms with E-state index in [0.29, 0.717) is 12.1 Å². The molecule has 1 unspecified atom stereocenters. The molecule has 3 rings (SSSR count). The van der Waals surface area contributed by atoms with E-state index in [0.717, 1.165) is 30.2 Å². The van der Waals surface area contributed by atoms with E-state index in [9.17, 15) is 9.59 Å². The van der Waals surface area contributed by atoms with E-state index < -0.39 is 0 Å². The zero-order valence-corrected chi connectivity index (χ0v) is 12.4. The quantitative estimate of drug-likeness (QED) is 0.777. The molecule has 0 spiro atoms. The summed E-state index contributed by atoms with van der Waals surface area (Å²) < 4.78 is 0. The minimum atomic E-state index is -0.260. The second-order valence-corrected chi connectivity index (χ2v) is 6.50. The van der Waals surface area contributed by atoms with Gasteiger partial charge in [0.2, 0.25) is 5.91 Å². The SMILES string of the molecule is Cc1ccc(N2C(=O)CC(N3CCSCC3)C2=O)cc1. The fourth-order valence-electron chi connectivity index (χ4n) is 2.76. The largest absolute Gasteiger partial charge is 0.290 e. The van der Waals surface area contributed by atoms with E-state index in [4.69, 9.17) is 0 Å². The lowest BCUT2D eigenvalue weighted by molar-refractivity contribution is -0.122. The third-order valence-electron chi connectivity index (χ3n) is 3.90. The summed E-state index contributed by atoms with van der Waals surface area (Å²) in [4.78, 5) is 28.3. The summed E-state index contributed by atoms with van der Waals surface area (Å²) in [6.07, 6.45) is 0.317. The fourth-order valence-corrected chi connectivity index (χ4v) is 3.69. The van der Waals surface area contributed by atoms with E-state index in [1.807, 2.05) is 43.0 Å². The Hall–Kier alpha value is -1.33. The Morgan fingerprint density at radius 1 is 1.10 bits per heavy atom. The van der Waals surface area contributed by atoms with Gasteiger partial charge in [-0.05, 0) is 19.1 Å². The molecule has 0 bridgehead atoms. The van der Waals surface area contributed by atoms with Gasteiger partial charge >= 0.3 is 0 Å². The average Bonchev–Trinajstić information content (AvgIpc) is 2.76. The lowest BCUT2D eigenvalue weighted by Crippen LogP contribution is -2.45. The van der Waals surface area contributed by atoms with Crippen molar-refractivity contribution in [2.45, 2.75) is 19.4 Å². The summed E-state index contributed by atoms with van der Waals surface area (Å²) in [5, 5.41) is 0. The van der Waals surface area contributed by atoms with Gasteiger partial charge < -0.3 is 0 Å². The highest BCUT2D eigenvalue weighted by Crippen LogP contribution is 2.27. The number of carbonyl (C=O) groups excluding carboxylic acids is 2. The molecule has 1 atom stereocenters. The Balaban J connectivity index is 1.81. The van der Waals surface area contributed by atoms with E-state index in [2.05, 4.69) is 4.90 Å². The lowest BCUT2D eigenvalue weighted by atomic mass is 10.2. The molecule has 0 aliphatic carbocycles. The van der Waals surface area contributed by atoms with Crippen LogP contribution < -0.4 is 4.90 Å². The number of imide groups is 1. The molecule has 0 radical (unpaired) electrons. The standard InChI is InChI=1S/C15H18N2O2S/c1-11-2-4-12(5-3-11)17-14(18)10-13(15(17)19)16-6-8-20-9-7-16/h2-5,13H,6-10H2,1H3. The van der Waals surface area contributed by atoms with Crippen molar-refractivity contribution in [1.82, 2.24) is 4.90 Å². The molecular formula is C15H18N2O2S. The molecule has 5 heteroatoms. The fraction of sp³-hybridized carbons (Fsp3) is 0.467. The van der Waals surface area contributed by atoms with Crippen molar-refractivity contribution in [3.8, 4) is 0 Å². The first-order valence-electron chi connectivity index (χ1n) is 6.92. The third-order valence-corrected chi connectivity index (χ3v) is 4.84. The molecule has 1 aromatic rings. The number of carbonyl (C=O) groups is 2. The smallest absolute Gasteiger partial charge is 0.251 e. The topological polar surface area (TPSA) is 40.6 Å². The van der Waals surface area contributed by atoms with Crippen LogP contribution in [0.5, 0.6) is 0 Å². The molecule has 0 saturated carbocycles. The Bertz CT molecular complexity index is 523. The van der Waals surface area contributed by atoms with Gasteiger partial charge in [-0.2, -0.15) is 11.8 Å². The summed E-state index contributed by atoms with van der Waals surface area (Å²) in [5.41, 5.74) is 1.82. The number of thioether (sulfide) groups is 1. The molecule has 0 aromatic heterocycles. The number of hydrogen-bond donors (Lipinski definition) is 0. The third kappa shape index (κ3) is 2.47. The van der Waals surface area contributed by atoms with Crippen molar-refractivity contribution in [3.63, 3.8) is 0 Å². The molecule has 2 fully saturated rings. The number of anilines is 1. The van der Waals surface area contributed by atoms with Gasteiger partial charge in [0.25, 0.3) is 5.91 Å². The Morgan fingerprint density at radius 3 is 2.40 bits per heavy atom. The van der Waals surface area contributed by atoms with Crippen molar-refractivity contribution >= 4 is 29.3 Å². The normalized spacial score (nSPS) is 24.4. The van der Waals surface area contributed by atoms with E-state index in [1.54, 1.807) is 0 Å². The maximum absolute atomic E-state index is 12.6. The van der Waals surface area contributed by atoms with Gasteiger partial charge in [0.05, 0.1) is 18.2 Å². The molecule has 2 heterocycles. The van der Waals surface area contributed by atoms with Crippen LogP contribution >= 0.6 is 11.8 Å².